The standard InChI is InChI=1S/C6H8F2O2/c1-4(6(9)10)2-3-5(7)8/h2,5H,3H2,1H3,(H,9,10). The molecule has 0 saturated carbocycles. The summed E-state index contributed by atoms with van der Waals surface area (Å²) in [7, 11) is 0. The Hall–Kier alpha value is -0.930. The van der Waals surface area contributed by atoms with E-state index >= 15 is 0 Å². The van der Waals surface area contributed by atoms with Crippen molar-refractivity contribution < 1.29 is 18.7 Å². The van der Waals surface area contributed by atoms with Crippen LogP contribution in [0.3, 0.4) is 0 Å². The highest BCUT2D eigenvalue weighted by molar-refractivity contribution is 5.85. The molecule has 0 unspecified atom stereocenters. The van der Waals surface area contributed by atoms with E-state index in [1.165, 1.54) is 6.92 Å². The largest absolute Gasteiger partial charge is 0.478 e. The van der Waals surface area contributed by atoms with E-state index < -0.39 is 18.8 Å². The molecule has 0 aromatic carbocycles. The molecule has 0 bridgehead atoms. The van der Waals surface area contributed by atoms with Crippen LogP contribution in [0.4, 0.5) is 8.78 Å². The first kappa shape index (κ1) is 9.07. The van der Waals surface area contributed by atoms with Gasteiger partial charge in [-0.3, -0.25) is 0 Å². The van der Waals surface area contributed by atoms with Gasteiger partial charge in [-0.05, 0) is 6.92 Å². The highest BCUT2D eigenvalue weighted by Crippen LogP contribution is 2.03. The van der Waals surface area contributed by atoms with E-state index in [1.807, 2.05) is 0 Å². The number of hydrogen-bond donors (Lipinski definition) is 1. The zero-order valence-electron chi connectivity index (χ0n) is 5.47. The first-order chi connectivity index (χ1) is 4.54. The van der Waals surface area contributed by atoms with Crippen LogP contribution >= 0.6 is 0 Å². The summed E-state index contributed by atoms with van der Waals surface area (Å²) in [6, 6.07) is 0. The van der Waals surface area contributed by atoms with Crippen LogP contribution < -0.4 is 0 Å². The maximum absolute atomic E-state index is 11.4. The number of rotatable bonds is 3. The van der Waals surface area contributed by atoms with Crippen molar-refractivity contribution >= 4 is 5.97 Å². The molecule has 2 nitrogen and oxygen atoms in total. The quantitative estimate of drug-likeness (QED) is 0.621. The molecule has 4 heteroatoms. The summed E-state index contributed by atoms with van der Waals surface area (Å²) in [5.41, 5.74) is -0.0414. The van der Waals surface area contributed by atoms with Crippen molar-refractivity contribution in [2.24, 2.45) is 0 Å². The number of hydrogen-bond acceptors (Lipinski definition) is 1. The van der Waals surface area contributed by atoms with E-state index in [0.29, 0.717) is 0 Å². The number of aliphatic carboxylic acids is 1. The second-order valence-corrected chi connectivity index (χ2v) is 1.82. The normalized spacial score (nSPS) is 12.2. The van der Waals surface area contributed by atoms with Gasteiger partial charge in [0.1, 0.15) is 0 Å². The first-order valence-electron chi connectivity index (χ1n) is 2.72. The van der Waals surface area contributed by atoms with E-state index in [1.54, 1.807) is 0 Å². The lowest BCUT2D eigenvalue weighted by Gasteiger charge is -1.92. The molecular weight excluding hydrogens is 142 g/mol. The minimum atomic E-state index is -2.46. The lowest BCUT2D eigenvalue weighted by molar-refractivity contribution is -0.132. The molecule has 10 heavy (non-hydrogen) atoms. The lowest BCUT2D eigenvalue weighted by atomic mass is 10.2. The molecule has 0 aliphatic heterocycles. The van der Waals surface area contributed by atoms with Crippen LogP contribution in [-0.4, -0.2) is 17.5 Å². The molecule has 58 valence electrons. The Bertz CT molecular complexity index is 152. The molecule has 0 atom stereocenters. The Morgan fingerprint density at radius 2 is 2.20 bits per heavy atom. The number of allylic oxidation sites excluding steroid dienone is 1. The molecule has 0 saturated heterocycles. The second-order valence-electron chi connectivity index (χ2n) is 1.82. The van der Waals surface area contributed by atoms with Crippen LogP contribution in [0, 0.1) is 0 Å². The number of alkyl halides is 2. The van der Waals surface area contributed by atoms with Gasteiger partial charge in [-0.2, -0.15) is 0 Å². The fourth-order valence-corrected chi connectivity index (χ4v) is 0.353. The van der Waals surface area contributed by atoms with Crippen LogP contribution in [-0.2, 0) is 4.79 Å². The van der Waals surface area contributed by atoms with Gasteiger partial charge in [0.2, 0.25) is 6.43 Å². The van der Waals surface area contributed by atoms with Crippen molar-refractivity contribution in [3.63, 3.8) is 0 Å². The van der Waals surface area contributed by atoms with Gasteiger partial charge in [-0.15, -0.1) is 0 Å². The van der Waals surface area contributed by atoms with E-state index in [9.17, 15) is 13.6 Å². The van der Waals surface area contributed by atoms with Gasteiger partial charge in [0, 0.05) is 12.0 Å². The van der Waals surface area contributed by atoms with Crippen molar-refractivity contribution in [3.8, 4) is 0 Å². The van der Waals surface area contributed by atoms with Crippen LogP contribution in [0.1, 0.15) is 13.3 Å². The van der Waals surface area contributed by atoms with Gasteiger partial charge in [-0.1, -0.05) is 6.08 Å². The van der Waals surface area contributed by atoms with Crippen LogP contribution in [0.25, 0.3) is 0 Å². The molecule has 0 rings (SSSR count). The van der Waals surface area contributed by atoms with Crippen LogP contribution in [0.5, 0.6) is 0 Å². The minimum absolute atomic E-state index is 0.0414. The van der Waals surface area contributed by atoms with Gasteiger partial charge >= 0.3 is 5.97 Å². The third-order valence-electron chi connectivity index (χ3n) is 0.940. The minimum Gasteiger partial charge on any atom is -0.478 e. The molecular formula is C6H8F2O2. The van der Waals surface area contributed by atoms with Gasteiger partial charge in [0.25, 0.3) is 0 Å². The maximum atomic E-state index is 11.4. The van der Waals surface area contributed by atoms with Crippen molar-refractivity contribution in [1.29, 1.82) is 0 Å². The Labute approximate surface area is 57.2 Å². The molecule has 0 heterocycles. The number of carboxylic acids is 1. The SMILES string of the molecule is CC(=CCC(F)F)C(=O)O. The highest BCUT2D eigenvalue weighted by Gasteiger charge is 2.02. The van der Waals surface area contributed by atoms with E-state index in [2.05, 4.69) is 0 Å². The summed E-state index contributed by atoms with van der Waals surface area (Å²) < 4.78 is 22.8. The summed E-state index contributed by atoms with van der Waals surface area (Å²) in [5, 5.41) is 8.18. The smallest absolute Gasteiger partial charge is 0.330 e. The molecule has 0 spiro atoms. The zero-order valence-corrected chi connectivity index (χ0v) is 5.47. The van der Waals surface area contributed by atoms with Crippen LogP contribution in [0.15, 0.2) is 11.6 Å². The number of carbonyl (C=O) groups is 1. The third-order valence-corrected chi connectivity index (χ3v) is 0.940. The molecule has 0 aromatic heterocycles. The van der Waals surface area contributed by atoms with Gasteiger partial charge in [0.15, 0.2) is 0 Å². The highest BCUT2D eigenvalue weighted by atomic mass is 19.3. The maximum Gasteiger partial charge on any atom is 0.330 e. The predicted octanol–water partition coefficient (Wildman–Crippen LogP) is 1.67. The molecule has 0 aromatic rings. The molecule has 1 N–H and O–H groups in total. The fraction of sp³-hybridized carbons (Fsp3) is 0.500. The summed E-state index contributed by atoms with van der Waals surface area (Å²) in [5.74, 6) is -1.15. The summed E-state index contributed by atoms with van der Waals surface area (Å²) in [4.78, 5) is 10.00. The molecule has 0 radical (unpaired) electrons. The fourth-order valence-electron chi connectivity index (χ4n) is 0.353. The van der Waals surface area contributed by atoms with E-state index in [0.717, 1.165) is 6.08 Å². The Morgan fingerprint density at radius 1 is 1.70 bits per heavy atom. The van der Waals surface area contributed by atoms with E-state index in [4.69, 9.17) is 5.11 Å². The average Bonchev–Trinajstić information content (AvgIpc) is 1.82. The molecule has 0 fully saturated rings. The monoisotopic (exact) mass is 150 g/mol. The lowest BCUT2D eigenvalue weighted by Crippen LogP contribution is -1.97. The summed E-state index contributed by atoms with van der Waals surface area (Å²) >= 11 is 0. The average molecular weight is 150 g/mol. The van der Waals surface area contributed by atoms with Gasteiger partial charge in [0.05, 0.1) is 0 Å². The topological polar surface area (TPSA) is 37.3 Å². The first-order valence-corrected chi connectivity index (χ1v) is 2.72. The van der Waals surface area contributed by atoms with Crippen molar-refractivity contribution in [1.82, 2.24) is 0 Å². The van der Waals surface area contributed by atoms with Gasteiger partial charge < -0.3 is 5.11 Å². The Kier molecular flexibility index (Phi) is 3.61. The summed E-state index contributed by atoms with van der Waals surface area (Å²) in [6.07, 6.45) is -1.94. The molecule has 0 aliphatic carbocycles. The Balaban J connectivity index is 3.81. The zero-order chi connectivity index (χ0) is 8.15. The Morgan fingerprint density at radius 3 is 2.50 bits per heavy atom. The number of halogens is 2. The second kappa shape index (κ2) is 3.98. The summed E-state index contributed by atoms with van der Waals surface area (Å²) in [6.45, 7) is 1.28. The van der Waals surface area contributed by atoms with Crippen molar-refractivity contribution in [2.45, 2.75) is 19.8 Å². The number of carboxylic acid groups (broad SMARTS) is 1. The van der Waals surface area contributed by atoms with E-state index in [-0.39, 0.29) is 5.57 Å². The molecule has 0 amide bonds. The van der Waals surface area contributed by atoms with Crippen molar-refractivity contribution in [2.75, 3.05) is 0 Å². The van der Waals surface area contributed by atoms with Gasteiger partial charge in [-0.25, -0.2) is 13.6 Å². The molecule has 0 aliphatic rings. The van der Waals surface area contributed by atoms with Crippen molar-refractivity contribution in [3.05, 3.63) is 11.6 Å². The predicted molar refractivity (Wildman–Crippen MR) is 32.0 cm³/mol. The third kappa shape index (κ3) is 4.00. The van der Waals surface area contributed by atoms with Crippen LogP contribution in [0.2, 0.25) is 0 Å².